The van der Waals surface area contributed by atoms with Gasteiger partial charge in [0.25, 0.3) is 0 Å². The molecule has 0 bridgehead atoms. The Morgan fingerprint density at radius 3 is 2.87 bits per heavy atom. The first-order chi connectivity index (χ1) is 14.8. The zero-order valence-electron chi connectivity index (χ0n) is 16.2. The molecule has 0 saturated heterocycles. The van der Waals surface area contributed by atoms with Crippen LogP contribution in [0.1, 0.15) is 22.1 Å². The molecule has 0 amide bonds. The molecule has 1 unspecified atom stereocenters. The van der Waals surface area contributed by atoms with E-state index in [0.29, 0.717) is 11.8 Å². The fourth-order valence-electron chi connectivity index (χ4n) is 4.11. The highest BCUT2D eigenvalue weighted by molar-refractivity contribution is 8.00. The summed E-state index contributed by atoms with van der Waals surface area (Å²) in [4.78, 5) is 10.2. The summed E-state index contributed by atoms with van der Waals surface area (Å²) in [5, 5.41) is 6.42. The molecule has 6 rings (SSSR count). The minimum Gasteiger partial charge on any atom is -0.454 e. The van der Waals surface area contributed by atoms with Gasteiger partial charge in [-0.25, -0.2) is 9.97 Å². The summed E-state index contributed by atoms with van der Waals surface area (Å²) in [5.74, 6) is 2.49. The number of aromatic nitrogens is 2. The number of thioether (sulfide) groups is 1. The van der Waals surface area contributed by atoms with E-state index in [-0.39, 0.29) is 6.79 Å². The molecule has 2 aliphatic heterocycles. The number of hydrogen-bond donors (Lipinski definition) is 1. The van der Waals surface area contributed by atoms with E-state index in [1.807, 2.05) is 30.0 Å². The average Bonchev–Trinajstić information content (AvgIpc) is 3.44. The molecule has 4 aromatic rings. The molecule has 3 heterocycles. The SMILES string of the molecule is c1ccc2c(C3Cc4ncnc(NCc5ccc6c(c5)OCO6)c4S3)cccc2c1. The van der Waals surface area contributed by atoms with E-state index in [1.54, 1.807) is 6.33 Å². The molecule has 2 aliphatic rings. The molecular weight excluding hydrogens is 394 g/mol. The van der Waals surface area contributed by atoms with Crippen molar-refractivity contribution in [1.82, 2.24) is 9.97 Å². The average molecular weight is 414 g/mol. The van der Waals surface area contributed by atoms with Gasteiger partial charge in [-0.2, -0.15) is 0 Å². The monoisotopic (exact) mass is 413 g/mol. The van der Waals surface area contributed by atoms with Crippen LogP contribution >= 0.6 is 11.8 Å². The van der Waals surface area contributed by atoms with E-state index >= 15 is 0 Å². The first-order valence-electron chi connectivity index (χ1n) is 9.96. The fraction of sp³-hybridized carbons (Fsp3) is 0.167. The second-order valence-electron chi connectivity index (χ2n) is 7.42. The van der Waals surface area contributed by atoms with Gasteiger partial charge in [0.2, 0.25) is 6.79 Å². The van der Waals surface area contributed by atoms with E-state index < -0.39 is 0 Å². The second kappa shape index (κ2) is 7.22. The zero-order valence-corrected chi connectivity index (χ0v) is 17.0. The van der Waals surface area contributed by atoms with E-state index in [4.69, 9.17) is 9.47 Å². The lowest BCUT2D eigenvalue weighted by Gasteiger charge is -2.13. The van der Waals surface area contributed by atoms with Crippen LogP contribution in [0.25, 0.3) is 10.8 Å². The molecule has 1 aromatic heterocycles. The highest BCUT2D eigenvalue weighted by atomic mass is 32.2. The number of fused-ring (bicyclic) bond motifs is 3. The number of rotatable bonds is 4. The van der Waals surface area contributed by atoms with Crippen molar-refractivity contribution in [3.63, 3.8) is 0 Å². The zero-order chi connectivity index (χ0) is 19.9. The molecule has 0 fully saturated rings. The van der Waals surface area contributed by atoms with Gasteiger partial charge in [0.15, 0.2) is 11.5 Å². The van der Waals surface area contributed by atoms with Crippen molar-refractivity contribution in [2.75, 3.05) is 12.1 Å². The number of benzene rings is 3. The maximum atomic E-state index is 5.48. The van der Waals surface area contributed by atoms with Crippen LogP contribution in [0.15, 0.2) is 71.9 Å². The largest absolute Gasteiger partial charge is 0.454 e. The van der Waals surface area contributed by atoms with Crippen LogP contribution in [0, 0.1) is 0 Å². The molecule has 1 atom stereocenters. The standard InChI is InChI=1S/C24H19N3O2S/c1-2-6-17-16(4-1)5-3-7-18(17)22-11-19-23(30-22)24(27-13-26-19)25-12-15-8-9-20-21(10-15)29-14-28-20/h1-10,13,22H,11-12,14H2,(H,25,26,27). The Balaban J connectivity index is 1.25. The van der Waals surface area contributed by atoms with Crippen LogP contribution in [0.4, 0.5) is 5.82 Å². The van der Waals surface area contributed by atoms with Crippen molar-refractivity contribution in [2.24, 2.45) is 0 Å². The maximum Gasteiger partial charge on any atom is 0.231 e. The van der Waals surface area contributed by atoms with E-state index in [1.165, 1.54) is 16.3 Å². The topological polar surface area (TPSA) is 56.3 Å². The lowest BCUT2D eigenvalue weighted by molar-refractivity contribution is 0.174. The normalized spacial score (nSPS) is 16.6. The molecule has 3 aromatic carbocycles. The molecule has 0 radical (unpaired) electrons. The number of hydrogen-bond acceptors (Lipinski definition) is 6. The van der Waals surface area contributed by atoms with Crippen LogP contribution < -0.4 is 14.8 Å². The molecule has 0 aliphatic carbocycles. The smallest absolute Gasteiger partial charge is 0.231 e. The summed E-state index contributed by atoms with van der Waals surface area (Å²) in [6, 6.07) is 21.1. The summed E-state index contributed by atoms with van der Waals surface area (Å²) in [6.07, 6.45) is 2.57. The lowest BCUT2D eigenvalue weighted by Crippen LogP contribution is -2.04. The molecular formula is C24H19N3O2S. The Bertz CT molecular complexity index is 1260. The Labute approximate surface area is 178 Å². The van der Waals surface area contributed by atoms with E-state index in [0.717, 1.165) is 39.9 Å². The van der Waals surface area contributed by atoms with Gasteiger partial charge in [0.1, 0.15) is 12.1 Å². The fourth-order valence-corrected chi connectivity index (χ4v) is 5.47. The van der Waals surface area contributed by atoms with Crippen LogP contribution in [0.3, 0.4) is 0 Å². The summed E-state index contributed by atoms with van der Waals surface area (Å²) < 4.78 is 10.9. The summed E-state index contributed by atoms with van der Waals surface area (Å²) in [6.45, 7) is 0.956. The third-order valence-corrected chi connectivity index (χ3v) is 6.95. The van der Waals surface area contributed by atoms with Gasteiger partial charge in [0.05, 0.1) is 10.6 Å². The molecule has 148 valence electrons. The summed E-state index contributed by atoms with van der Waals surface area (Å²) in [7, 11) is 0. The van der Waals surface area contributed by atoms with Gasteiger partial charge < -0.3 is 14.8 Å². The number of nitrogens with zero attached hydrogens (tertiary/aromatic N) is 2. The minimum atomic E-state index is 0.290. The first-order valence-corrected chi connectivity index (χ1v) is 10.8. The van der Waals surface area contributed by atoms with Crippen molar-refractivity contribution in [3.05, 3.63) is 83.8 Å². The van der Waals surface area contributed by atoms with E-state index in [9.17, 15) is 0 Å². The Hall–Kier alpha value is -3.25. The summed E-state index contributed by atoms with van der Waals surface area (Å²) in [5.41, 5.74) is 3.60. The Morgan fingerprint density at radius 1 is 0.967 bits per heavy atom. The van der Waals surface area contributed by atoms with Crippen molar-refractivity contribution < 1.29 is 9.47 Å². The molecule has 5 nitrogen and oxygen atoms in total. The molecule has 0 spiro atoms. The number of ether oxygens (including phenoxy) is 2. The van der Waals surface area contributed by atoms with Gasteiger partial charge in [-0.3, -0.25) is 0 Å². The molecule has 1 N–H and O–H groups in total. The highest BCUT2D eigenvalue weighted by Crippen LogP contribution is 2.49. The van der Waals surface area contributed by atoms with Crippen molar-refractivity contribution in [2.45, 2.75) is 23.1 Å². The predicted molar refractivity (Wildman–Crippen MR) is 118 cm³/mol. The third-order valence-electron chi connectivity index (χ3n) is 5.58. The van der Waals surface area contributed by atoms with Gasteiger partial charge in [0, 0.05) is 18.2 Å². The number of nitrogens with one attached hydrogen (secondary N) is 1. The minimum absolute atomic E-state index is 0.290. The van der Waals surface area contributed by atoms with Crippen molar-refractivity contribution in [1.29, 1.82) is 0 Å². The number of anilines is 1. The maximum absolute atomic E-state index is 5.48. The Kier molecular flexibility index (Phi) is 4.23. The van der Waals surface area contributed by atoms with Gasteiger partial charge >= 0.3 is 0 Å². The van der Waals surface area contributed by atoms with Gasteiger partial charge in [-0.1, -0.05) is 48.5 Å². The van der Waals surface area contributed by atoms with Crippen molar-refractivity contribution >= 4 is 28.4 Å². The third kappa shape index (κ3) is 3.04. The van der Waals surface area contributed by atoms with E-state index in [2.05, 4.69) is 57.7 Å². The predicted octanol–water partition coefficient (Wildman–Crippen LogP) is 5.36. The first kappa shape index (κ1) is 17.6. The quantitative estimate of drug-likeness (QED) is 0.486. The van der Waals surface area contributed by atoms with Crippen LogP contribution in [-0.2, 0) is 13.0 Å². The second-order valence-corrected chi connectivity index (χ2v) is 8.63. The van der Waals surface area contributed by atoms with Crippen LogP contribution in [0.2, 0.25) is 0 Å². The molecule has 30 heavy (non-hydrogen) atoms. The van der Waals surface area contributed by atoms with Gasteiger partial charge in [-0.05, 0) is 34.0 Å². The molecule has 6 heteroatoms. The summed E-state index contributed by atoms with van der Waals surface area (Å²) >= 11 is 1.85. The highest BCUT2D eigenvalue weighted by Gasteiger charge is 2.29. The Morgan fingerprint density at radius 2 is 1.87 bits per heavy atom. The van der Waals surface area contributed by atoms with Crippen LogP contribution in [0.5, 0.6) is 11.5 Å². The van der Waals surface area contributed by atoms with Crippen LogP contribution in [-0.4, -0.2) is 16.8 Å². The lowest BCUT2D eigenvalue weighted by atomic mass is 10.00. The molecule has 0 saturated carbocycles. The van der Waals surface area contributed by atoms with Gasteiger partial charge in [-0.15, -0.1) is 11.8 Å². The van der Waals surface area contributed by atoms with Crippen molar-refractivity contribution in [3.8, 4) is 11.5 Å².